The number of aryl methyl sites for hydroxylation is 1. The molecule has 1 aliphatic carbocycles. The number of hydrogen-bond acceptors (Lipinski definition) is 4. The zero-order valence-corrected chi connectivity index (χ0v) is 15.6. The molecule has 1 fully saturated rings. The van der Waals surface area contributed by atoms with Gasteiger partial charge in [0.15, 0.2) is 17.5 Å². The van der Waals surface area contributed by atoms with E-state index >= 15 is 0 Å². The van der Waals surface area contributed by atoms with Crippen LogP contribution in [0.4, 0.5) is 10.2 Å². The number of amides is 1. The van der Waals surface area contributed by atoms with E-state index in [2.05, 4.69) is 20.5 Å². The monoisotopic (exact) mass is 382 g/mol. The second kappa shape index (κ2) is 8.37. The van der Waals surface area contributed by atoms with Crippen LogP contribution in [-0.4, -0.2) is 21.1 Å². The SMILES string of the molecule is O=C(CCc1ncc(-c2ccccc2F)o1)Nc1cc(C2CCCCC2)[nH]n1. The fraction of sp³-hybridized carbons (Fsp3) is 0.381. The molecule has 0 unspecified atom stereocenters. The second-order valence-electron chi connectivity index (χ2n) is 7.19. The number of H-pyrrole nitrogens is 1. The van der Waals surface area contributed by atoms with Crippen molar-refractivity contribution in [1.82, 2.24) is 15.2 Å². The van der Waals surface area contributed by atoms with Gasteiger partial charge in [0.25, 0.3) is 0 Å². The molecular formula is C21H23FN4O2. The number of aromatic nitrogens is 3. The number of nitrogens with one attached hydrogen (secondary N) is 2. The van der Waals surface area contributed by atoms with Crippen LogP contribution < -0.4 is 5.32 Å². The Morgan fingerprint density at radius 3 is 2.89 bits per heavy atom. The van der Waals surface area contributed by atoms with Gasteiger partial charge < -0.3 is 9.73 Å². The summed E-state index contributed by atoms with van der Waals surface area (Å²) >= 11 is 0. The number of carbonyl (C=O) groups excluding carboxylic acids is 1. The predicted octanol–water partition coefficient (Wildman–Crippen LogP) is 4.82. The molecule has 0 aliphatic heterocycles. The van der Waals surface area contributed by atoms with Gasteiger partial charge in [-0.05, 0) is 25.0 Å². The van der Waals surface area contributed by atoms with Gasteiger partial charge in [0.1, 0.15) is 5.82 Å². The van der Waals surface area contributed by atoms with Gasteiger partial charge in [0, 0.05) is 30.5 Å². The molecule has 0 saturated heterocycles. The minimum atomic E-state index is -0.366. The summed E-state index contributed by atoms with van der Waals surface area (Å²) in [5, 5.41) is 10.1. The highest BCUT2D eigenvalue weighted by Crippen LogP contribution is 2.32. The molecule has 4 rings (SSSR count). The van der Waals surface area contributed by atoms with Gasteiger partial charge in [-0.15, -0.1) is 0 Å². The van der Waals surface area contributed by atoms with E-state index in [4.69, 9.17) is 4.42 Å². The maximum Gasteiger partial charge on any atom is 0.226 e. The number of hydrogen-bond donors (Lipinski definition) is 2. The van der Waals surface area contributed by atoms with Gasteiger partial charge in [-0.3, -0.25) is 9.89 Å². The topological polar surface area (TPSA) is 83.8 Å². The maximum atomic E-state index is 13.8. The molecular weight excluding hydrogens is 359 g/mol. The lowest BCUT2D eigenvalue weighted by Gasteiger charge is -2.19. The summed E-state index contributed by atoms with van der Waals surface area (Å²) in [6.45, 7) is 0. The summed E-state index contributed by atoms with van der Waals surface area (Å²) in [6.07, 6.45) is 8.16. The van der Waals surface area contributed by atoms with Crippen molar-refractivity contribution in [3.8, 4) is 11.3 Å². The van der Waals surface area contributed by atoms with Crippen molar-refractivity contribution in [1.29, 1.82) is 0 Å². The first-order chi connectivity index (χ1) is 13.7. The van der Waals surface area contributed by atoms with Crippen LogP contribution in [0.5, 0.6) is 0 Å². The molecule has 6 nitrogen and oxygen atoms in total. The summed E-state index contributed by atoms with van der Waals surface area (Å²) in [7, 11) is 0. The minimum absolute atomic E-state index is 0.160. The van der Waals surface area contributed by atoms with E-state index in [-0.39, 0.29) is 18.1 Å². The average Bonchev–Trinajstić information content (AvgIpc) is 3.37. The quantitative estimate of drug-likeness (QED) is 0.640. The van der Waals surface area contributed by atoms with Gasteiger partial charge in [-0.1, -0.05) is 31.4 Å². The van der Waals surface area contributed by atoms with E-state index in [1.54, 1.807) is 18.2 Å². The highest BCUT2D eigenvalue weighted by molar-refractivity contribution is 5.89. The van der Waals surface area contributed by atoms with Gasteiger partial charge in [0.05, 0.1) is 11.8 Å². The molecule has 1 amide bonds. The van der Waals surface area contributed by atoms with E-state index in [9.17, 15) is 9.18 Å². The summed E-state index contributed by atoms with van der Waals surface area (Å²) in [5.74, 6) is 1.29. The third-order valence-electron chi connectivity index (χ3n) is 5.17. The van der Waals surface area contributed by atoms with Crippen LogP contribution >= 0.6 is 0 Å². The molecule has 0 spiro atoms. The lowest BCUT2D eigenvalue weighted by molar-refractivity contribution is -0.116. The van der Waals surface area contributed by atoms with Crippen LogP contribution in [0.25, 0.3) is 11.3 Å². The standard InChI is InChI=1S/C21H23FN4O2/c22-16-9-5-4-8-15(16)18-13-23-21(28-18)11-10-20(27)24-19-12-17(25-26-19)14-6-2-1-3-7-14/h4-5,8-9,12-14H,1-3,6-7,10-11H2,(H2,24,25,26,27). The molecule has 0 atom stereocenters. The highest BCUT2D eigenvalue weighted by Gasteiger charge is 2.18. The number of nitrogens with zero attached hydrogens (tertiary/aromatic N) is 2. The first-order valence-electron chi connectivity index (χ1n) is 9.74. The maximum absolute atomic E-state index is 13.8. The Hall–Kier alpha value is -2.96. The fourth-order valence-corrected chi connectivity index (χ4v) is 3.66. The van der Waals surface area contributed by atoms with Crippen molar-refractivity contribution < 1.29 is 13.6 Å². The van der Waals surface area contributed by atoms with Crippen LogP contribution in [0.2, 0.25) is 0 Å². The molecule has 7 heteroatoms. The van der Waals surface area contributed by atoms with Crippen molar-refractivity contribution in [3.63, 3.8) is 0 Å². The van der Waals surface area contributed by atoms with Crippen molar-refractivity contribution in [2.75, 3.05) is 5.32 Å². The van der Waals surface area contributed by atoms with E-state index in [0.29, 0.717) is 35.4 Å². The smallest absolute Gasteiger partial charge is 0.226 e. The van der Waals surface area contributed by atoms with Crippen LogP contribution in [-0.2, 0) is 11.2 Å². The van der Waals surface area contributed by atoms with Crippen LogP contribution in [0.3, 0.4) is 0 Å². The molecule has 2 N–H and O–H groups in total. The Morgan fingerprint density at radius 2 is 2.07 bits per heavy atom. The third kappa shape index (κ3) is 4.30. The van der Waals surface area contributed by atoms with Crippen LogP contribution in [0, 0.1) is 5.82 Å². The molecule has 1 aliphatic rings. The first kappa shape index (κ1) is 18.4. The molecule has 2 aromatic heterocycles. The molecule has 3 aromatic rings. The lowest BCUT2D eigenvalue weighted by Crippen LogP contribution is -2.12. The van der Waals surface area contributed by atoms with Crippen molar-refractivity contribution in [3.05, 3.63) is 53.9 Å². The van der Waals surface area contributed by atoms with Crippen molar-refractivity contribution in [2.45, 2.75) is 50.9 Å². The first-order valence-corrected chi connectivity index (χ1v) is 9.74. The normalized spacial score (nSPS) is 14.9. The van der Waals surface area contributed by atoms with E-state index in [1.807, 2.05) is 6.07 Å². The molecule has 0 radical (unpaired) electrons. The highest BCUT2D eigenvalue weighted by atomic mass is 19.1. The van der Waals surface area contributed by atoms with E-state index < -0.39 is 0 Å². The average molecular weight is 382 g/mol. The number of benzene rings is 1. The molecule has 1 saturated carbocycles. The van der Waals surface area contributed by atoms with Crippen molar-refractivity contribution >= 4 is 11.7 Å². The van der Waals surface area contributed by atoms with Gasteiger partial charge in [0.2, 0.25) is 5.91 Å². The summed E-state index contributed by atoms with van der Waals surface area (Å²) in [5.41, 5.74) is 1.45. The molecule has 2 heterocycles. The third-order valence-corrected chi connectivity index (χ3v) is 5.17. The zero-order valence-electron chi connectivity index (χ0n) is 15.6. The number of anilines is 1. The predicted molar refractivity (Wildman–Crippen MR) is 103 cm³/mol. The summed E-state index contributed by atoms with van der Waals surface area (Å²) in [4.78, 5) is 16.4. The van der Waals surface area contributed by atoms with Gasteiger partial charge in [-0.25, -0.2) is 9.37 Å². The van der Waals surface area contributed by atoms with Crippen LogP contribution in [0.1, 0.15) is 56.0 Å². The molecule has 146 valence electrons. The zero-order chi connectivity index (χ0) is 19.3. The Balaban J connectivity index is 1.30. The largest absolute Gasteiger partial charge is 0.441 e. The Kier molecular flexibility index (Phi) is 5.50. The second-order valence-corrected chi connectivity index (χ2v) is 7.19. The summed E-state index contributed by atoms with van der Waals surface area (Å²) in [6, 6.07) is 8.29. The number of carbonyl (C=O) groups is 1. The molecule has 28 heavy (non-hydrogen) atoms. The van der Waals surface area contributed by atoms with Gasteiger partial charge >= 0.3 is 0 Å². The lowest BCUT2D eigenvalue weighted by atomic mass is 9.87. The van der Waals surface area contributed by atoms with Gasteiger partial charge in [-0.2, -0.15) is 5.10 Å². The van der Waals surface area contributed by atoms with E-state index in [0.717, 1.165) is 5.69 Å². The minimum Gasteiger partial charge on any atom is -0.441 e. The number of oxazole rings is 1. The van der Waals surface area contributed by atoms with E-state index in [1.165, 1.54) is 44.4 Å². The summed E-state index contributed by atoms with van der Waals surface area (Å²) < 4.78 is 19.4. The number of halogens is 1. The van der Waals surface area contributed by atoms with Crippen LogP contribution in [0.15, 0.2) is 40.9 Å². The Labute approximate surface area is 162 Å². The Bertz CT molecular complexity index is 943. The Morgan fingerprint density at radius 1 is 1.25 bits per heavy atom. The number of rotatable bonds is 6. The molecule has 0 bridgehead atoms. The fourth-order valence-electron chi connectivity index (χ4n) is 3.66. The number of aromatic amines is 1. The van der Waals surface area contributed by atoms with Crippen molar-refractivity contribution in [2.24, 2.45) is 0 Å². The molecule has 1 aromatic carbocycles.